The van der Waals surface area contributed by atoms with E-state index in [1.54, 1.807) is 0 Å². The van der Waals surface area contributed by atoms with Gasteiger partial charge in [0.2, 0.25) is 0 Å². The molecule has 0 N–H and O–H groups in total. The van der Waals surface area contributed by atoms with Crippen molar-refractivity contribution in [2.45, 2.75) is 44.8 Å². The van der Waals surface area contributed by atoms with Gasteiger partial charge in [-0.1, -0.05) is 12.2 Å². The summed E-state index contributed by atoms with van der Waals surface area (Å²) in [5.74, 6) is 0.732. The molecular formula is C10H16O. The minimum Gasteiger partial charge on any atom is -0.366 e. The zero-order valence-electron chi connectivity index (χ0n) is 7.39. The van der Waals surface area contributed by atoms with Gasteiger partial charge in [0.1, 0.15) is 0 Å². The molecule has 0 aromatic carbocycles. The summed E-state index contributed by atoms with van der Waals surface area (Å²) in [4.78, 5) is 0. The van der Waals surface area contributed by atoms with Crippen molar-refractivity contribution < 1.29 is 4.74 Å². The fourth-order valence-electron chi connectivity index (χ4n) is 2.09. The van der Waals surface area contributed by atoms with Crippen LogP contribution in [-0.2, 0) is 4.74 Å². The van der Waals surface area contributed by atoms with Crippen LogP contribution >= 0.6 is 0 Å². The maximum atomic E-state index is 5.60. The summed E-state index contributed by atoms with van der Waals surface area (Å²) in [5.41, 5.74) is 1.61. The maximum absolute atomic E-state index is 5.60. The summed E-state index contributed by atoms with van der Waals surface area (Å²) >= 11 is 0. The lowest BCUT2D eigenvalue weighted by atomic mass is 9.80. The molecule has 3 atom stereocenters. The third-order valence-corrected chi connectivity index (χ3v) is 3.22. The van der Waals surface area contributed by atoms with Crippen molar-refractivity contribution in [1.29, 1.82) is 0 Å². The van der Waals surface area contributed by atoms with E-state index in [2.05, 4.69) is 20.4 Å². The Kier molecular flexibility index (Phi) is 1.40. The normalized spacial score (nSPS) is 48.2. The predicted octanol–water partition coefficient (Wildman–Crippen LogP) is 2.52. The highest BCUT2D eigenvalue weighted by atomic mass is 16.6. The second-order valence-corrected chi connectivity index (χ2v) is 4.24. The Morgan fingerprint density at radius 1 is 1.64 bits per heavy atom. The van der Waals surface area contributed by atoms with Crippen LogP contribution in [0.1, 0.15) is 33.1 Å². The van der Waals surface area contributed by atoms with E-state index in [0.29, 0.717) is 6.10 Å². The van der Waals surface area contributed by atoms with Crippen LogP contribution < -0.4 is 0 Å². The van der Waals surface area contributed by atoms with E-state index >= 15 is 0 Å². The molecule has 2 unspecified atom stereocenters. The van der Waals surface area contributed by atoms with Crippen molar-refractivity contribution in [3.63, 3.8) is 0 Å². The van der Waals surface area contributed by atoms with Gasteiger partial charge >= 0.3 is 0 Å². The third-order valence-electron chi connectivity index (χ3n) is 3.22. The van der Waals surface area contributed by atoms with Crippen molar-refractivity contribution in [1.82, 2.24) is 0 Å². The highest BCUT2D eigenvalue weighted by Gasteiger charge is 2.55. The van der Waals surface area contributed by atoms with Gasteiger partial charge in [0.05, 0.1) is 11.7 Å². The Morgan fingerprint density at radius 3 is 2.91 bits per heavy atom. The number of hydrogen-bond donors (Lipinski definition) is 0. The molecule has 1 heterocycles. The smallest absolute Gasteiger partial charge is 0.0920 e. The molecule has 0 amide bonds. The first-order valence-corrected chi connectivity index (χ1v) is 4.45. The molecule has 11 heavy (non-hydrogen) atoms. The number of allylic oxidation sites excluding steroid dienone is 1. The Hall–Kier alpha value is -0.300. The zero-order chi connectivity index (χ0) is 8.06. The van der Waals surface area contributed by atoms with E-state index in [4.69, 9.17) is 4.74 Å². The van der Waals surface area contributed by atoms with E-state index in [0.717, 1.165) is 5.92 Å². The molecule has 0 spiro atoms. The standard InChI is InChI=1S/C10H16O/c1-7(2)8-4-5-10(3)9(6-8)11-10/h8-9H,1,4-6H2,2-3H3/t8?,9-,10?/m0/s1. The molecule has 0 radical (unpaired) electrons. The largest absolute Gasteiger partial charge is 0.366 e. The molecule has 1 nitrogen and oxygen atoms in total. The molecule has 0 bridgehead atoms. The van der Waals surface area contributed by atoms with Gasteiger partial charge in [-0.15, -0.1) is 0 Å². The second-order valence-electron chi connectivity index (χ2n) is 4.24. The van der Waals surface area contributed by atoms with Gasteiger partial charge in [-0.05, 0) is 39.0 Å². The first-order valence-electron chi connectivity index (χ1n) is 4.45. The molecule has 2 rings (SSSR count). The molecule has 1 heteroatoms. The maximum Gasteiger partial charge on any atom is 0.0920 e. The van der Waals surface area contributed by atoms with Crippen molar-refractivity contribution in [2.24, 2.45) is 5.92 Å². The topological polar surface area (TPSA) is 12.5 Å². The van der Waals surface area contributed by atoms with E-state index in [1.165, 1.54) is 24.8 Å². The average molecular weight is 152 g/mol. The van der Waals surface area contributed by atoms with Gasteiger partial charge in [-0.3, -0.25) is 0 Å². The van der Waals surface area contributed by atoms with Crippen LogP contribution in [-0.4, -0.2) is 11.7 Å². The monoisotopic (exact) mass is 152 g/mol. The Morgan fingerprint density at radius 2 is 2.36 bits per heavy atom. The van der Waals surface area contributed by atoms with Gasteiger partial charge in [-0.2, -0.15) is 0 Å². The SMILES string of the molecule is C=C(C)C1CCC2(C)O[C@H]2C1. The highest BCUT2D eigenvalue weighted by molar-refractivity contribution is 5.10. The Balaban J connectivity index is 1.98. The molecular weight excluding hydrogens is 136 g/mol. The number of fused-ring (bicyclic) bond motifs is 1. The molecule has 1 saturated carbocycles. The molecule has 2 aliphatic rings. The van der Waals surface area contributed by atoms with Crippen molar-refractivity contribution in [3.8, 4) is 0 Å². The number of ether oxygens (including phenoxy) is 1. The Bertz CT molecular complexity index is 197. The van der Waals surface area contributed by atoms with Gasteiger partial charge in [0.15, 0.2) is 0 Å². The lowest BCUT2D eigenvalue weighted by molar-refractivity contribution is 0.303. The van der Waals surface area contributed by atoms with Gasteiger partial charge in [0.25, 0.3) is 0 Å². The van der Waals surface area contributed by atoms with Crippen LogP contribution in [0.15, 0.2) is 12.2 Å². The summed E-state index contributed by atoms with van der Waals surface area (Å²) in [5, 5.41) is 0. The molecule has 0 aromatic heterocycles. The molecule has 1 saturated heterocycles. The van der Waals surface area contributed by atoms with Crippen LogP contribution in [0, 0.1) is 5.92 Å². The van der Waals surface area contributed by atoms with E-state index in [1.807, 2.05) is 0 Å². The van der Waals surface area contributed by atoms with E-state index in [-0.39, 0.29) is 5.60 Å². The number of epoxide rings is 1. The summed E-state index contributed by atoms with van der Waals surface area (Å²) in [6.07, 6.45) is 4.28. The lowest BCUT2D eigenvalue weighted by Gasteiger charge is -2.22. The van der Waals surface area contributed by atoms with E-state index < -0.39 is 0 Å². The summed E-state index contributed by atoms with van der Waals surface area (Å²) in [6, 6.07) is 0. The number of hydrogen-bond acceptors (Lipinski definition) is 1. The summed E-state index contributed by atoms with van der Waals surface area (Å²) < 4.78 is 5.60. The average Bonchev–Trinajstić information content (AvgIpc) is 2.58. The van der Waals surface area contributed by atoms with E-state index in [9.17, 15) is 0 Å². The minimum atomic E-state index is 0.270. The van der Waals surface area contributed by atoms with Crippen molar-refractivity contribution in [3.05, 3.63) is 12.2 Å². The molecule has 62 valence electrons. The van der Waals surface area contributed by atoms with Crippen molar-refractivity contribution in [2.75, 3.05) is 0 Å². The van der Waals surface area contributed by atoms with Gasteiger partial charge in [-0.25, -0.2) is 0 Å². The Labute approximate surface area is 68.4 Å². The molecule has 1 aliphatic carbocycles. The minimum absolute atomic E-state index is 0.270. The zero-order valence-corrected chi connectivity index (χ0v) is 7.39. The van der Waals surface area contributed by atoms with Crippen molar-refractivity contribution >= 4 is 0 Å². The first kappa shape index (κ1) is 7.35. The first-order chi connectivity index (χ1) is 5.12. The quantitative estimate of drug-likeness (QED) is 0.415. The summed E-state index contributed by atoms with van der Waals surface area (Å²) in [7, 11) is 0. The highest BCUT2D eigenvalue weighted by Crippen LogP contribution is 2.50. The molecule has 0 aromatic rings. The van der Waals surface area contributed by atoms with Crippen LogP contribution in [0.2, 0.25) is 0 Å². The van der Waals surface area contributed by atoms with Crippen LogP contribution in [0.3, 0.4) is 0 Å². The van der Waals surface area contributed by atoms with Gasteiger partial charge < -0.3 is 4.74 Å². The lowest BCUT2D eigenvalue weighted by Crippen LogP contribution is -2.21. The molecule has 1 aliphatic heterocycles. The molecule has 2 fully saturated rings. The second kappa shape index (κ2) is 2.10. The van der Waals surface area contributed by atoms with Crippen LogP contribution in [0.5, 0.6) is 0 Å². The fraction of sp³-hybridized carbons (Fsp3) is 0.800. The van der Waals surface area contributed by atoms with Gasteiger partial charge in [0, 0.05) is 0 Å². The fourth-order valence-corrected chi connectivity index (χ4v) is 2.09. The van der Waals surface area contributed by atoms with Crippen LogP contribution in [0.25, 0.3) is 0 Å². The van der Waals surface area contributed by atoms with Crippen LogP contribution in [0.4, 0.5) is 0 Å². The summed E-state index contributed by atoms with van der Waals surface area (Å²) in [6.45, 7) is 8.36. The third kappa shape index (κ3) is 1.12. The predicted molar refractivity (Wildman–Crippen MR) is 45.4 cm³/mol. The number of rotatable bonds is 1.